The molecule has 19 heavy (non-hydrogen) atoms. The van der Waals surface area contributed by atoms with E-state index in [2.05, 4.69) is 16.2 Å². The minimum Gasteiger partial charge on any atom is -0.444 e. The summed E-state index contributed by atoms with van der Waals surface area (Å²) >= 11 is 0. The Kier molecular flexibility index (Phi) is 4.99. The highest BCUT2D eigenvalue weighted by Crippen LogP contribution is 2.17. The van der Waals surface area contributed by atoms with Crippen LogP contribution in [0.4, 0.5) is 4.79 Å². The number of amides is 1. The molecule has 0 saturated carbocycles. The van der Waals surface area contributed by atoms with E-state index in [-0.39, 0.29) is 6.04 Å². The summed E-state index contributed by atoms with van der Waals surface area (Å²) in [5, 5.41) is 2.83. The third-order valence-electron chi connectivity index (χ3n) is 2.46. The maximum atomic E-state index is 11.8. The number of nitrogens with zero attached hydrogens (tertiary/aromatic N) is 2. The lowest BCUT2D eigenvalue weighted by atomic mass is 10.1. The van der Waals surface area contributed by atoms with Gasteiger partial charge in [-0.1, -0.05) is 12.8 Å². The summed E-state index contributed by atoms with van der Waals surface area (Å²) in [5.74, 6) is 2.56. The van der Waals surface area contributed by atoms with E-state index in [9.17, 15) is 4.79 Å². The molecule has 0 unspecified atom stereocenters. The molecule has 5 heteroatoms. The molecular weight excluding hydrogens is 242 g/mol. The highest BCUT2D eigenvalue weighted by Gasteiger charge is 2.21. The predicted octanol–water partition coefficient (Wildman–Crippen LogP) is 2.49. The molecule has 0 aromatic carbocycles. The van der Waals surface area contributed by atoms with E-state index in [1.165, 1.54) is 0 Å². The normalized spacial score (nSPS) is 12.6. The van der Waals surface area contributed by atoms with E-state index in [0.717, 1.165) is 12.1 Å². The molecule has 1 amide bonds. The van der Waals surface area contributed by atoms with Crippen LogP contribution in [0.5, 0.6) is 0 Å². The van der Waals surface area contributed by atoms with Crippen LogP contribution in [0.1, 0.15) is 45.9 Å². The number of carbonyl (C=O) groups excluding carboxylic acids is 1. The lowest BCUT2D eigenvalue weighted by molar-refractivity contribution is 0.0500. The standard InChI is InChI=1S/C14H21N3O2/c1-6-8-17-10-15-9-12(17)11(7-2)16-13(18)19-14(3,4)5/h1,9-11H,7-8H2,2-5H3,(H,16,18)/t11-/m1/s1. The van der Waals surface area contributed by atoms with Crippen molar-refractivity contribution in [3.05, 3.63) is 18.2 Å². The first-order chi connectivity index (χ1) is 8.87. The van der Waals surface area contributed by atoms with Crippen molar-refractivity contribution >= 4 is 6.09 Å². The van der Waals surface area contributed by atoms with Gasteiger partial charge in [0.2, 0.25) is 0 Å². The van der Waals surface area contributed by atoms with Crippen molar-refractivity contribution in [2.45, 2.75) is 52.3 Å². The van der Waals surface area contributed by atoms with Crippen LogP contribution in [-0.4, -0.2) is 21.2 Å². The number of imidazole rings is 1. The van der Waals surface area contributed by atoms with Gasteiger partial charge in [-0.15, -0.1) is 6.42 Å². The monoisotopic (exact) mass is 263 g/mol. The van der Waals surface area contributed by atoms with E-state index < -0.39 is 11.7 Å². The van der Waals surface area contributed by atoms with E-state index in [4.69, 9.17) is 11.2 Å². The number of hydrogen-bond donors (Lipinski definition) is 1. The number of aromatic nitrogens is 2. The topological polar surface area (TPSA) is 56.2 Å². The Morgan fingerprint density at radius 3 is 2.84 bits per heavy atom. The van der Waals surface area contributed by atoms with Crippen LogP contribution in [0.2, 0.25) is 0 Å². The summed E-state index contributed by atoms with van der Waals surface area (Å²) in [7, 11) is 0. The number of nitrogens with one attached hydrogen (secondary N) is 1. The fourth-order valence-corrected chi connectivity index (χ4v) is 1.69. The zero-order valence-electron chi connectivity index (χ0n) is 11.9. The van der Waals surface area contributed by atoms with E-state index in [1.807, 2.05) is 32.3 Å². The first-order valence-corrected chi connectivity index (χ1v) is 6.30. The Balaban J connectivity index is 2.76. The number of terminal acetylenes is 1. The van der Waals surface area contributed by atoms with Crippen LogP contribution < -0.4 is 5.32 Å². The van der Waals surface area contributed by atoms with Crippen molar-refractivity contribution in [1.82, 2.24) is 14.9 Å². The minimum atomic E-state index is -0.512. The quantitative estimate of drug-likeness (QED) is 0.849. The predicted molar refractivity (Wildman–Crippen MR) is 73.5 cm³/mol. The summed E-state index contributed by atoms with van der Waals surface area (Å²) in [5.41, 5.74) is 0.368. The molecule has 0 radical (unpaired) electrons. The molecule has 0 bridgehead atoms. The molecule has 1 N–H and O–H groups in total. The van der Waals surface area contributed by atoms with Crippen LogP contribution in [0, 0.1) is 12.3 Å². The van der Waals surface area contributed by atoms with Crippen LogP contribution in [0.3, 0.4) is 0 Å². The summed E-state index contributed by atoms with van der Waals surface area (Å²) in [6.45, 7) is 7.90. The van der Waals surface area contributed by atoms with Crippen molar-refractivity contribution < 1.29 is 9.53 Å². The SMILES string of the molecule is C#CCn1cncc1[C@@H](CC)NC(=O)OC(C)(C)C. The van der Waals surface area contributed by atoms with Gasteiger partial charge >= 0.3 is 6.09 Å². The molecule has 0 aliphatic rings. The maximum Gasteiger partial charge on any atom is 0.408 e. The molecule has 0 saturated heterocycles. The third-order valence-corrected chi connectivity index (χ3v) is 2.46. The van der Waals surface area contributed by atoms with Crippen LogP contribution in [-0.2, 0) is 11.3 Å². The Morgan fingerprint density at radius 2 is 2.32 bits per heavy atom. The van der Waals surface area contributed by atoms with Gasteiger partial charge in [0, 0.05) is 0 Å². The Morgan fingerprint density at radius 1 is 1.63 bits per heavy atom. The second-order valence-corrected chi connectivity index (χ2v) is 5.26. The summed E-state index contributed by atoms with van der Waals surface area (Å²) in [6.07, 6.45) is 8.97. The van der Waals surface area contributed by atoms with Gasteiger partial charge in [-0.05, 0) is 27.2 Å². The summed E-state index contributed by atoms with van der Waals surface area (Å²) in [6, 6.07) is -0.161. The fraction of sp³-hybridized carbons (Fsp3) is 0.571. The molecule has 0 spiro atoms. The first kappa shape index (κ1) is 15.1. The van der Waals surface area contributed by atoms with Gasteiger partial charge in [-0.25, -0.2) is 9.78 Å². The van der Waals surface area contributed by atoms with E-state index in [0.29, 0.717) is 6.54 Å². The van der Waals surface area contributed by atoms with Crippen LogP contribution in [0.15, 0.2) is 12.5 Å². The largest absolute Gasteiger partial charge is 0.444 e. The van der Waals surface area contributed by atoms with Gasteiger partial charge < -0.3 is 14.6 Å². The van der Waals surface area contributed by atoms with Crippen molar-refractivity contribution in [1.29, 1.82) is 0 Å². The maximum absolute atomic E-state index is 11.8. The van der Waals surface area contributed by atoms with Crippen LogP contribution in [0.25, 0.3) is 0 Å². The molecule has 0 fully saturated rings. The van der Waals surface area contributed by atoms with Gasteiger partial charge in [0.1, 0.15) is 5.60 Å². The second-order valence-electron chi connectivity index (χ2n) is 5.26. The fourth-order valence-electron chi connectivity index (χ4n) is 1.69. The molecular formula is C14H21N3O2. The number of carbonyl (C=O) groups is 1. The molecule has 104 valence electrons. The van der Waals surface area contributed by atoms with Crippen LogP contribution >= 0.6 is 0 Å². The minimum absolute atomic E-state index is 0.161. The van der Waals surface area contributed by atoms with Crippen molar-refractivity contribution in [3.63, 3.8) is 0 Å². The molecule has 5 nitrogen and oxygen atoms in total. The second kappa shape index (κ2) is 6.28. The lowest BCUT2D eigenvalue weighted by Gasteiger charge is -2.23. The number of alkyl carbamates (subject to hydrolysis) is 1. The van der Waals surface area contributed by atoms with Crippen molar-refractivity contribution in [3.8, 4) is 12.3 Å². The molecule has 1 heterocycles. The molecule has 0 aliphatic heterocycles. The molecule has 1 aromatic heterocycles. The van der Waals surface area contributed by atoms with E-state index in [1.54, 1.807) is 12.5 Å². The van der Waals surface area contributed by atoms with Gasteiger partial charge in [-0.2, -0.15) is 0 Å². The number of rotatable bonds is 4. The average Bonchev–Trinajstić information content (AvgIpc) is 2.72. The highest BCUT2D eigenvalue weighted by molar-refractivity contribution is 5.68. The van der Waals surface area contributed by atoms with Gasteiger partial charge in [0.15, 0.2) is 0 Å². The van der Waals surface area contributed by atoms with Gasteiger partial charge in [0.25, 0.3) is 0 Å². The zero-order valence-corrected chi connectivity index (χ0v) is 11.9. The summed E-state index contributed by atoms with van der Waals surface area (Å²) < 4.78 is 7.09. The number of hydrogen-bond acceptors (Lipinski definition) is 3. The Labute approximate surface area is 114 Å². The molecule has 1 atom stereocenters. The average molecular weight is 263 g/mol. The van der Waals surface area contributed by atoms with Crippen molar-refractivity contribution in [2.75, 3.05) is 0 Å². The van der Waals surface area contributed by atoms with Gasteiger partial charge in [-0.3, -0.25) is 0 Å². The smallest absolute Gasteiger partial charge is 0.408 e. The first-order valence-electron chi connectivity index (χ1n) is 6.30. The molecule has 1 rings (SSSR count). The van der Waals surface area contributed by atoms with E-state index >= 15 is 0 Å². The van der Waals surface area contributed by atoms with Gasteiger partial charge in [0.05, 0.1) is 30.8 Å². The Bertz CT molecular complexity index is 466. The zero-order chi connectivity index (χ0) is 14.5. The Hall–Kier alpha value is -1.96. The third kappa shape index (κ3) is 4.66. The highest BCUT2D eigenvalue weighted by atomic mass is 16.6. The lowest BCUT2D eigenvalue weighted by Crippen LogP contribution is -2.35. The number of ether oxygens (including phenoxy) is 1. The van der Waals surface area contributed by atoms with Crippen molar-refractivity contribution in [2.24, 2.45) is 0 Å². The molecule has 0 aliphatic carbocycles. The molecule has 1 aromatic rings. The summed E-state index contributed by atoms with van der Waals surface area (Å²) in [4.78, 5) is 15.9.